The molecular formula is C64H40F10N8O5. The minimum atomic E-state index is -2.77. The molecule has 13 nitrogen and oxygen atoms in total. The Morgan fingerprint density at radius 2 is 0.908 bits per heavy atom. The smallest absolute Gasteiger partial charge is 0.346 e. The molecule has 0 N–H and O–H groups in total. The van der Waals surface area contributed by atoms with Crippen molar-refractivity contribution in [2.45, 2.75) is 63.8 Å². The van der Waals surface area contributed by atoms with Crippen molar-refractivity contribution in [3.05, 3.63) is 225 Å². The molecule has 436 valence electrons. The van der Waals surface area contributed by atoms with Crippen molar-refractivity contribution in [3.8, 4) is 46.4 Å². The number of nitriles is 2. The summed E-state index contributed by atoms with van der Waals surface area (Å²) in [6.07, 6.45) is -6.36. The third kappa shape index (κ3) is 11.6. The zero-order chi connectivity index (χ0) is 60.9. The van der Waals surface area contributed by atoms with Crippen molar-refractivity contribution < 1.29 is 67.7 Å². The summed E-state index contributed by atoms with van der Waals surface area (Å²) < 4.78 is 169. The molecule has 4 heterocycles. The minimum absolute atomic E-state index is 0.0163. The van der Waals surface area contributed by atoms with Gasteiger partial charge in [0.05, 0.1) is 67.8 Å². The van der Waals surface area contributed by atoms with Crippen LogP contribution in [0, 0.1) is 69.4 Å². The Labute approximate surface area is 486 Å². The molecule has 0 unspecified atom stereocenters. The van der Waals surface area contributed by atoms with Crippen LogP contribution >= 0.6 is 0 Å². The van der Waals surface area contributed by atoms with Gasteiger partial charge in [0, 0.05) is 71.1 Å². The molecule has 0 spiro atoms. The molecule has 12 rings (SSSR count). The summed E-state index contributed by atoms with van der Waals surface area (Å²) in [6.45, 7) is -0.572. The van der Waals surface area contributed by atoms with Gasteiger partial charge in [-0.15, -0.1) is 0 Å². The topological polar surface area (TPSA) is 171 Å². The fraction of sp³-hybridized carbons (Fsp3) is 0.188. The molecule has 2 fully saturated rings. The van der Waals surface area contributed by atoms with Gasteiger partial charge in [0.25, 0.3) is 0 Å². The van der Waals surface area contributed by atoms with Crippen LogP contribution in [0.25, 0.3) is 44.6 Å². The molecule has 0 saturated heterocycles. The largest absolute Gasteiger partial charge is 0.473 e. The van der Waals surface area contributed by atoms with Crippen LogP contribution in [0.2, 0.25) is 0 Å². The highest BCUT2D eigenvalue weighted by molar-refractivity contribution is 6.05. The first-order valence-electron chi connectivity index (χ1n) is 26.8. The number of carbonyl (C=O) groups excluding carboxylic acids is 2. The first-order valence-corrected chi connectivity index (χ1v) is 26.8. The van der Waals surface area contributed by atoms with Crippen molar-refractivity contribution in [3.63, 3.8) is 0 Å². The van der Waals surface area contributed by atoms with Crippen molar-refractivity contribution in [1.82, 2.24) is 29.1 Å². The Hall–Kier alpha value is -10.4. The van der Waals surface area contributed by atoms with E-state index >= 15 is 17.6 Å². The lowest BCUT2D eigenvalue weighted by atomic mass is 10.0. The molecular weight excluding hydrogens is 1150 g/mol. The van der Waals surface area contributed by atoms with Crippen LogP contribution in [0.5, 0.6) is 11.8 Å². The van der Waals surface area contributed by atoms with Crippen molar-refractivity contribution in [2.24, 2.45) is 11.8 Å². The van der Waals surface area contributed by atoms with Gasteiger partial charge in [0.15, 0.2) is 0 Å². The quantitative estimate of drug-likeness (QED) is 0.0455. The number of fused-ring (bicyclic) bond motifs is 2. The summed E-state index contributed by atoms with van der Waals surface area (Å²) >= 11 is 0. The summed E-state index contributed by atoms with van der Waals surface area (Å²) in [5.74, 6) is -9.62. The highest BCUT2D eigenvalue weighted by atomic mass is 19.3. The van der Waals surface area contributed by atoms with E-state index in [2.05, 4.69) is 19.9 Å². The molecule has 87 heavy (non-hydrogen) atoms. The minimum Gasteiger partial charge on any atom is -0.473 e. The zero-order valence-electron chi connectivity index (χ0n) is 44.8. The predicted octanol–water partition coefficient (Wildman–Crippen LogP) is 14.1. The number of carbonyl (C=O) groups is 2. The standard InChI is InChI=1S/C64H40F10N8O5/c65-43-15-31(27-75)7-9-35(43)29-85-59-5-1-3-49(79-59)39-23-45(67)37(17-47(39)69)21-57-77-51-13-11-33(19-55(51)81(57)53-25-41(53)61(71)72)63(83)87-64(84)34-12-14-52-56(20-34)82(54-26-42(54)62(73)74)58(78-52)22-38-18-48(70)40(24-46(38)68)50-4-2-6-60(80-50)86-30-36-10-8-32(28-76)16-44(36)66/h1-20,23-24,41-42,53-54,61-62H,21-22,25-26,29-30H2/t41-,42-,53+,54+/m0/s1. The average molecular weight is 1190 g/mol. The maximum atomic E-state index is 16.1. The maximum absolute atomic E-state index is 16.1. The number of aromatic nitrogens is 6. The second-order valence-electron chi connectivity index (χ2n) is 20.8. The molecule has 0 aliphatic heterocycles. The fourth-order valence-corrected chi connectivity index (χ4v) is 10.5. The molecule has 4 atom stereocenters. The second-order valence-corrected chi connectivity index (χ2v) is 20.8. The Morgan fingerprint density at radius 1 is 0.494 bits per heavy atom. The number of halogens is 10. The Morgan fingerprint density at radius 3 is 1.29 bits per heavy atom. The number of nitrogens with zero attached hydrogens (tertiary/aromatic N) is 8. The van der Waals surface area contributed by atoms with Crippen LogP contribution in [0.4, 0.5) is 43.9 Å². The maximum Gasteiger partial charge on any atom is 0.346 e. The SMILES string of the molecule is N#Cc1ccc(COc2cccc(-c3cc(F)c(Cc4nc5ccc(C(=O)OC(=O)c6ccc7nc(Cc8cc(F)c(-c9cccc(OCc%10ccc(C#N)cc%10F)n9)cc8F)n([C@@H]8C[C@@H]8C(F)F)c7c6)cc5n4[C@@H]4C[C@@H]4C(F)F)cc3F)n2)c(F)c1. The average Bonchev–Trinajstić information content (AvgIpc) is 2.53. The van der Waals surface area contributed by atoms with E-state index in [0.29, 0.717) is 0 Å². The normalized spacial score (nSPS) is 16.1. The van der Waals surface area contributed by atoms with Crippen LogP contribution < -0.4 is 9.47 Å². The Bertz CT molecular complexity index is 4240. The van der Waals surface area contributed by atoms with Gasteiger partial charge in [-0.2, -0.15) is 10.5 Å². The lowest BCUT2D eigenvalue weighted by Gasteiger charge is -2.12. The van der Waals surface area contributed by atoms with Crippen molar-refractivity contribution >= 4 is 34.0 Å². The Balaban J connectivity index is 0.768. The molecule has 0 bridgehead atoms. The highest BCUT2D eigenvalue weighted by Gasteiger charge is 2.48. The number of rotatable bonds is 18. The molecule has 6 aromatic carbocycles. The van der Waals surface area contributed by atoms with Crippen LogP contribution in [-0.2, 0) is 30.8 Å². The second kappa shape index (κ2) is 23.2. The van der Waals surface area contributed by atoms with Gasteiger partial charge in [-0.1, -0.05) is 24.3 Å². The predicted molar refractivity (Wildman–Crippen MR) is 291 cm³/mol. The van der Waals surface area contributed by atoms with Gasteiger partial charge in [-0.05, 0) is 121 Å². The van der Waals surface area contributed by atoms with Crippen molar-refractivity contribution in [2.75, 3.05) is 0 Å². The number of alkyl halides is 4. The van der Waals surface area contributed by atoms with Crippen LogP contribution in [-0.4, -0.2) is 53.9 Å². The first-order chi connectivity index (χ1) is 41.9. The van der Waals surface area contributed by atoms with E-state index in [1.54, 1.807) is 0 Å². The summed E-state index contributed by atoms with van der Waals surface area (Å²) in [5, 5.41) is 18.1. The third-order valence-electron chi connectivity index (χ3n) is 15.2. The van der Waals surface area contributed by atoms with Gasteiger partial charge in [-0.3, -0.25) is 0 Å². The molecule has 2 saturated carbocycles. The molecule has 0 radical (unpaired) electrons. The highest BCUT2D eigenvalue weighted by Crippen LogP contribution is 2.51. The number of imidazole rings is 2. The number of ether oxygens (including phenoxy) is 3. The van der Waals surface area contributed by atoms with Crippen LogP contribution in [0.15, 0.2) is 133 Å². The van der Waals surface area contributed by atoms with Gasteiger partial charge in [-0.25, -0.2) is 73.4 Å². The van der Waals surface area contributed by atoms with E-state index in [4.69, 9.17) is 24.7 Å². The van der Waals surface area contributed by atoms with Gasteiger partial charge in [0.1, 0.15) is 59.8 Å². The number of esters is 2. The molecule has 10 aromatic rings. The fourth-order valence-electron chi connectivity index (χ4n) is 10.5. The summed E-state index contributed by atoms with van der Waals surface area (Å²) in [7, 11) is 0. The zero-order valence-corrected chi connectivity index (χ0v) is 44.8. The van der Waals surface area contributed by atoms with E-state index in [-0.39, 0.29) is 139 Å². The van der Waals surface area contributed by atoms with E-state index in [1.807, 2.05) is 12.1 Å². The van der Waals surface area contributed by atoms with E-state index in [1.165, 1.54) is 106 Å². The lowest BCUT2D eigenvalue weighted by Crippen LogP contribution is -2.13. The van der Waals surface area contributed by atoms with Gasteiger partial charge < -0.3 is 23.3 Å². The van der Waals surface area contributed by atoms with Gasteiger partial charge >= 0.3 is 11.9 Å². The summed E-state index contributed by atoms with van der Waals surface area (Å²) in [4.78, 5) is 45.2. The van der Waals surface area contributed by atoms with E-state index < -0.39 is 96.5 Å². The number of pyridine rings is 2. The van der Waals surface area contributed by atoms with Crippen LogP contribution in [0.3, 0.4) is 0 Å². The summed E-state index contributed by atoms with van der Waals surface area (Å²) in [5.41, 5.74) is -0.292. The molecule has 0 amide bonds. The first kappa shape index (κ1) is 57.0. The van der Waals surface area contributed by atoms with Gasteiger partial charge in [0.2, 0.25) is 24.6 Å². The molecule has 2 aliphatic carbocycles. The summed E-state index contributed by atoms with van der Waals surface area (Å²) in [6, 6.07) is 29.6. The molecule has 2 aliphatic rings. The molecule has 23 heteroatoms. The number of hydrogen-bond acceptors (Lipinski definition) is 11. The van der Waals surface area contributed by atoms with Crippen LogP contribution in [0.1, 0.15) is 90.7 Å². The third-order valence-corrected chi connectivity index (χ3v) is 15.2. The number of benzene rings is 6. The lowest BCUT2D eigenvalue weighted by molar-refractivity contribution is 0.0397. The molecule has 4 aromatic heterocycles. The van der Waals surface area contributed by atoms with E-state index in [9.17, 15) is 35.9 Å². The number of hydrogen-bond donors (Lipinski definition) is 0. The Kier molecular flexibility index (Phi) is 15.2. The monoisotopic (exact) mass is 1190 g/mol. The van der Waals surface area contributed by atoms with E-state index in [0.717, 1.165) is 36.4 Å². The van der Waals surface area contributed by atoms with Crippen molar-refractivity contribution in [1.29, 1.82) is 10.5 Å².